The summed E-state index contributed by atoms with van der Waals surface area (Å²) in [6.45, 7) is 6.63. The molecule has 3 aromatic rings. The van der Waals surface area contributed by atoms with Gasteiger partial charge in [-0.2, -0.15) is 0 Å². The van der Waals surface area contributed by atoms with Gasteiger partial charge in [0.2, 0.25) is 0 Å². The lowest BCUT2D eigenvalue weighted by Crippen LogP contribution is -2.23. The molecule has 0 aliphatic rings. The highest BCUT2D eigenvalue weighted by atomic mass is 19.1. The van der Waals surface area contributed by atoms with Crippen molar-refractivity contribution in [3.05, 3.63) is 89.5 Å². The Kier molecular flexibility index (Phi) is 5.73. The van der Waals surface area contributed by atoms with Crippen LogP contribution < -0.4 is 10.6 Å². The minimum absolute atomic E-state index is 0.0936. The highest BCUT2D eigenvalue weighted by Crippen LogP contribution is 2.25. The number of anilines is 2. The summed E-state index contributed by atoms with van der Waals surface area (Å²) in [6.07, 6.45) is 3.15. The number of halogens is 1. The Bertz CT molecular complexity index is 962. The van der Waals surface area contributed by atoms with E-state index >= 15 is 0 Å². The summed E-state index contributed by atoms with van der Waals surface area (Å²) in [5.74, 6) is -0.641. The van der Waals surface area contributed by atoms with Gasteiger partial charge in [0.1, 0.15) is 5.82 Å². The molecule has 0 bridgehead atoms. The number of amides is 1. The summed E-state index contributed by atoms with van der Waals surface area (Å²) in [5.41, 5.74) is 3.82. The molecule has 1 amide bonds. The van der Waals surface area contributed by atoms with E-state index in [2.05, 4.69) is 48.5 Å². The molecule has 144 valence electrons. The second kappa shape index (κ2) is 8.21. The van der Waals surface area contributed by atoms with Gasteiger partial charge in [-0.15, -0.1) is 0 Å². The minimum atomic E-state index is -0.338. The van der Waals surface area contributed by atoms with Crippen LogP contribution in [0.2, 0.25) is 0 Å². The lowest BCUT2D eigenvalue weighted by Gasteiger charge is -2.19. The third kappa shape index (κ3) is 4.94. The van der Waals surface area contributed by atoms with Gasteiger partial charge in [0.15, 0.2) is 0 Å². The van der Waals surface area contributed by atoms with Crippen molar-refractivity contribution in [1.29, 1.82) is 0 Å². The number of nitrogens with one attached hydrogen (secondary N) is 2. The van der Waals surface area contributed by atoms with Crippen LogP contribution in [0.25, 0.3) is 0 Å². The number of pyridine rings is 1. The fourth-order valence-electron chi connectivity index (χ4n) is 2.77. The van der Waals surface area contributed by atoms with Gasteiger partial charge in [-0.05, 0) is 35.2 Å². The number of rotatable bonds is 5. The number of carbonyl (C=O) groups excluding carboxylic acids is 1. The Balaban J connectivity index is 1.66. The molecule has 1 heterocycles. The van der Waals surface area contributed by atoms with E-state index in [-0.39, 0.29) is 23.7 Å². The lowest BCUT2D eigenvalue weighted by atomic mass is 9.87. The molecule has 2 aromatic carbocycles. The van der Waals surface area contributed by atoms with Crippen molar-refractivity contribution in [3.8, 4) is 0 Å². The molecular weight excluding hydrogens is 353 g/mol. The van der Waals surface area contributed by atoms with Crippen molar-refractivity contribution < 1.29 is 9.18 Å². The van der Waals surface area contributed by atoms with E-state index in [0.29, 0.717) is 16.8 Å². The summed E-state index contributed by atoms with van der Waals surface area (Å²) >= 11 is 0. The van der Waals surface area contributed by atoms with Crippen LogP contribution in [0.4, 0.5) is 15.8 Å². The van der Waals surface area contributed by atoms with Crippen LogP contribution in [0, 0.1) is 5.82 Å². The molecule has 0 radical (unpaired) electrons. The third-order valence-electron chi connectivity index (χ3n) is 4.44. The fraction of sp³-hybridized carbons (Fsp3) is 0.217. The second-order valence-electron chi connectivity index (χ2n) is 7.69. The van der Waals surface area contributed by atoms with Crippen molar-refractivity contribution in [1.82, 2.24) is 10.3 Å². The normalized spacial score (nSPS) is 11.1. The minimum Gasteiger partial charge on any atom is -0.354 e. The van der Waals surface area contributed by atoms with E-state index in [1.807, 2.05) is 12.1 Å². The zero-order valence-electron chi connectivity index (χ0n) is 16.3. The Hall–Kier alpha value is -3.21. The maximum absolute atomic E-state index is 13.7. The van der Waals surface area contributed by atoms with Gasteiger partial charge in [-0.3, -0.25) is 9.78 Å². The standard InChI is InChI=1S/C23H24FN3O/c1-23(2,3)18-8-10-19(11-9-18)27-20-12-17(13-25-15-20)22(28)26-14-16-6-4-5-7-21(16)24/h4-13,15,27H,14H2,1-3H3,(H,26,28). The second-order valence-corrected chi connectivity index (χ2v) is 7.69. The fourth-order valence-corrected chi connectivity index (χ4v) is 2.77. The van der Waals surface area contributed by atoms with E-state index in [0.717, 1.165) is 5.69 Å². The molecule has 1 aromatic heterocycles. The molecule has 0 saturated carbocycles. The van der Waals surface area contributed by atoms with E-state index in [1.165, 1.54) is 17.8 Å². The van der Waals surface area contributed by atoms with E-state index < -0.39 is 0 Å². The smallest absolute Gasteiger partial charge is 0.253 e. The third-order valence-corrected chi connectivity index (χ3v) is 4.44. The number of carbonyl (C=O) groups is 1. The van der Waals surface area contributed by atoms with Crippen LogP contribution in [-0.2, 0) is 12.0 Å². The van der Waals surface area contributed by atoms with Crippen LogP contribution in [0.3, 0.4) is 0 Å². The summed E-state index contributed by atoms with van der Waals surface area (Å²) < 4.78 is 13.7. The number of hydrogen-bond acceptors (Lipinski definition) is 3. The van der Waals surface area contributed by atoms with Crippen LogP contribution in [-0.4, -0.2) is 10.9 Å². The summed E-state index contributed by atoms with van der Waals surface area (Å²) in [7, 11) is 0. The first-order valence-corrected chi connectivity index (χ1v) is 9.17. The SMILES string of the molecule is CC(C)(C)c1ccc(Nc2cncc(C(=O)NCc3ccccc3F)c2)cc1. The highest BCUT2D eigenvalue weighted by molar-refractivity contribution is 5.94. The summed E-state index contributed by atoms with van der Waals surface area (Å²) in [4.78, 5) is 16.5. The Labute approximate surface area is 164 Å². The van der Waals surface area contributed by atoms with Crippen molar-refractivity contribution in [3.63, 3.8) is 0 Å². The first kappa shape index (κ1) is 19.5. The Morgan fingerprint density at radius 3 is 2.39 bits per heavy atom. The zero-order valence-corrected chi connectivity index (χ0v) is 16.3. The Morgan fingerprint density at radius 1 is 1.00 bits per heavy atom. The average Bonchev–Trinajstić information content (AvgIpc) is 2.67. The first-order valence-electron chi connectivity index (χ1n) is 9.17. The lowest BCUT2D eigenvalue weighted by molar-refractivity contribution is 0.0950. The molecular formula is C23H24FN3O. The predicted molar refractivity (Wildman–Crippen MR) is 110 cm³/mol. The van der Waals surface area contributed by atoms with E-state index in [4.69, 9.17) is 0 Å². The zero-order chi connectivity index (χ0) is 20.1. The van der Waals surface area contributed by atoms with Crippen molar-refractivity contribution in [2.45, 2.75) is 32.7 Å². The molecule has 0 atom stereocenters. The average molecular weight is 377 g/mol. The van der Waals surface area contributed by atoms with Crippen molar-refractivity contribution >= 4 is 17.3 Å². The molecule has 2 N–H and O–H groups in total. The molecule has 4 nitrogen and oxygen atoms in total. The molecule has 3 rings (SSSR count). The van der Waals surface area contributed by atoms with Crippen molar-refractivity contribution in [2.75, 3.05) is 5.32 Å². The molecule has 28 heavy (non-hydrogen) atoms. The molecule has 0 aliphatic heterocycles. The number of nitrogens with zero attached hydrogens (tertiary/aromatic N) is 1. The van der Waals surface area contributed by atoms with Crippen LogP contribution in [0.1, 0.15) is 42.3 Å². The molecule has 5 heteroatoms. The predicted octanol–water partition coefficient (Wildman–Crippen LogP) is 5.19. The van der Waals surface area contributed by atoms with Gasteiger partial charge in [0.25, 0.3) is 5.91 Å². The van der Waals surface area contributed by atoms with E-state index in [9.17, 15) is 9.18 Å². The number of aromatic nitrogens is 1. The maximum atomic E-state index is 13.7. The highest BCUT2D eigenvalue weighted by Gasteiger charge is 2.13. The number of benzene rings is 2. The molecule has 0 fully saturated rings. The molecule has 0 unspecified atom stereocenters. The van der Waals surface area contributed by atoms with Crippen LogP contribution in [0.5, 0.6) is 0 Å². The summed E-state index contributed by atoms with van der Waals surface area (Å²) in [6, 6.07) is 16.3. The van der Waals surface area contributed by atoms with Crippen LogP contribution >= 0.6 is 0 Å². The van der Waals surface area contributed by atoms with Gasteiger partial charge in [-0.1, -0.05) is 51.1 Å². The van der Waals surface area contributed by atoms with Gasteiger partial charge in [-0.25, -0.2) is 4.39 Å². The first-order chi connectivity index (χ1) is 13.3. The number of hydrogen-bond donors (Lipinski definition) is 2. The van der Waals surface area contributed by atoms with Crippen LogP contribution in [0.15, 0.2) is 67.0 Å². The molecule has 0 saturated heterocycles. The van der Waals surface area contributed by atoms with Gasteiger partial charge >= 0.3 is 0 Å². The largest absolute Gasteiger partial charge is 0.354 e. The maximum Gasteiger partial charge on any atom is 0.253 e. The molecule has 0 aliphatic carbocycles. The van der Waals surface area contributed by atoms with Gasteiger partial charge < -0.3 is 10.6 Å². The topological polar surface area (TPSA) is 54.0 Å². The molecule has 0 spiro atoms. The Morgan fingerprint density at radius 2 is 1.71 bits per heavy atom. The van der Waals surface area contributed by atoms with Crippen molar-refractivity contribution in [2.24, 2.45) is 0 Å². The monoisotopic (exact) mass is 377 g/mol. The van der Waals surface area contributed by atoms with Gasteiger partial charge in [0.05, 0.1) is 17.4 Å². The summed E-state index contributed by atoms with van der Waals surface area (Å²) in [5, 5.41) is 5.98. The van der Waals surface area contributed by atoms with Gasteiger partial charge in [0, 0.05) is 24.0 Å². The quantitative estimate of drug-likeness (QED) is 0.643. The van der Waals surface area contributed by atoms with E-state index in [1.54, 1.807) is 30.5 Å².